The maximum atomic E-state index is 3.75. The number of hydrogen-bond donors (Lipinski definition) is 0. The van der Waals surface area contributed by atoms with Gasteiger partial charge < -0.3 is 0 Å². The molecule has 0 saturated carbocycles. The van der Waals surface area contributed by atoms with E-state index in [0.717, 1.165) is 6.42 Å². The Morgan fingerprint density at radius 2 is 2.08 bits per heavy atom. The summed E-state index contributed by atoms with van der Waals surface area (Å²) in [6.07, 6.45) is 4.67. The number of rotatable bonds is 3. The zero-order valence-corrected chi connectivity index (χ0v) is 7.09. The molecule has 0 bridgehead atoms. The van der Waals surface area contributed by atoms with Crippen molar-refractivity contribution >= 4 is 6.08 Å². The normalized spacial score (nSPS) is 8.67. The molecule has 0 saturated heterocycles. The highest BCUT2D eigenvalue weighted by molar-refractivity contribution is 5.52. The van der Waals surface area contributed by atoms with Gasteiger partial charge in [-0.05, 0) is 23.6 Å². The first-order valence-electron chi connectivity index (χ1n) is 3.93. The molecule has 1 aromatic carbocycles. The van der Waals surface area contributed by atoms with Crippen LogP contribution >= 0.6 is 0 Å². The van der Waals surface area contributed by atoms with Crippen molar-refractivity contribution in [3.63, 3.8) is 0 Å². The molecule has 0 heteroatoms. The topological polar surface area (TPSA) is 0 Å². The molecule has 0 nitrogen and oxygen atoms in total. The predicted molar refractivity (Wildman–Crippen MR) is 53.9 cm³/mol. The summed E-state index contributed by atoms with van der Waals surface area (Å²) in [6, 6.07) is 8.18. The van der Waals surface area contributed by atoms with Crippen molar-refractivity contribution in [3.05, 3.63) is 60.4 Å². The fourth-order valence-corrected chi connectivity index (χ4v) is 1.10. The van der Waals surface area contributed by atoms with Crippen LogP contribution in [-0.4, -0.2) is 0 Å². The molecule has 1 aromatic rings. The lowest BCUT2D eigenvalue weighted by Crippen LogP contribution is -1.84. The Kier molecular flexibility index (Phi) is 3.13. The standard InChI is InChI=1S/C12H12/c1-3-5-8-12-10-7-6-9-11(12)4-2/h4-7,9-10H,1-2,8H2. The summed E-state index contributed by atoms with van der Waals surface area (Å²) < 4.78 is 0. The largest absolute Gasteiger partial charge is 0.133 e. The maximum Gasteiger partial charge on any atom is -0.00155 e. The van der Waals surface area contributed by atoms with Crippen molar-refractivity contribution < 1.29 is 0 Å². The van der Waals surface area contributed by atoms with Crippen LogP contribution in [0.2, 0.25) is 0 Å². The summed E-state index contributed by atoms with van der Waals surface area (Å²) in [5.41, 5.74) is 5.21. The van der Waals surface area contributed by atoms with E-state index >= 15 is 0 Å². The molecule has 0 heterocycles. The van der Waals surface area contributed by atoms with Gasteiger partial charge in [0.25, 0.3) is 0 Å². The van der Waals surface area contributed by atoms with Crippen LogP contribution < -0.4 is 0 Å². The van der Waals surface area contributed by atoms with Gasteiger partial charge >= 0.3 is 0 Å². The third-order valence-electron chi connectivity index (χ3n) is 1.74. The molecular weight excluding hydrogens is 144 g/mol. The van der Waals surface area contributed by atoms with Gasteiger partial charge in [0.05, 0.1) is 0 Å². The Morgan fingerprint density at radius 1 is 1.33 bits per heavy atom. The van der Waals surface area contributed by atoms with Crippen LogP contribution in [0.5, 0.6) is 0 Å². The van der Waals surface area contributed by atoms with E-state index in [1.54, 1.807) is 0 Å². The first-order chi connectivity index (χ1) is 5.88. The first-order valence-corrected chi connectivity index (χ1v) is 3.93. The van der Waals surface area contributed by atoms with Gasteiger partial charge in [0.2, 0.25) is 0 Å². The smallest absolute Gasteiger partial charge is 0.00155 e. The Morgan fingerprint density at radius 3 is 2.75 bits per heavy atom. The highest BCUT2D eigenvalue weighted by Gasteiger charge is 1.93. The molecule has 0 aliphatic rings. The zero-order valence-electron chi connectivity index (χ0n) is 7.09. The lowest BCUT2D eigenvalue weighted by molar-refractivity contribution is 1.26. The highest BCUT2D eigenvalue weighted by Crippen LogP contribution is 2.10. The summed E-state index contributed by atoms with van der Waals surface area (Å²) in [5, 5.41) is 0. The maximum absolute atomic E-state index is 3.75. The van der Waals surface area contributed by atoms with Gasteiger partial charge in [-0.2, -0.15) is 0 Å². The summed E-state index contributed by atoms with van der Waals surface area (Å²) in [6.45, 7) is 7.27. The Labute approximate surface area is 73.6 Å². The van der Waals surface area contributed by atoms with Gasteiger partial charge in [0, 0.05) is 0 Å². The van der Waals surface area contributed by atoms with E-state index in [9.17, 15) is 0 Å². The minimum atomic E-state index is 0.881. The summed E-state index contributed by atoms with van der Waals surface area (Å²) in [7, 11) is 0. The quantitative estimate of drug-likeness (QED) is 0.589. The van der Waals surface area contributed by atoms with Crippen LogP contribution in [0.25, 0.3) is 6.08 Å². The van der Waals surface area contributed by atoms with E-state index in [4.69, 9.17) is 0 Å². The highest BCUT2D eigenvalue weighted by atomic mass is 14.0. The van der Waals surface area contributed by atoms with Crippen molar-refractivity contribution in [1.82, 2.24) is 0 Å². The van der Waals surface area contributed by atoms with E-state index in [1.165, 1.54) is 11.1 Å². The SMILES string of the molecule is C=C=CCc1ccccc1C=C. The molecule has 0 aliphatic heterocycles. The van der Waals surface area contributed by atoms with Gasteiger partial charge in [-0.1, -0.05) is 43.5 Å². The monoisotopic (exact) mass is 156 g/mol. The average molecular weight is 156 g/mol. The lowest BCUT2D eigenvalue weighted by atomic mass is 10.1. The third-order valence-corrected chi connectivity index (χ3v) is 1.74. The number of allylic oxidation sites excluding steroid dienone is 1. The van der Waals surface area contributed by atoms with Gasteiger partial charge in [0.1, 0.15) is 0 Å². The Bertz CT molecular complexity index is 315. The van der Waals surface area contributed by atoms with Crippen molar-refractivity contribution in [1.29, 1.82) is 0 Å². The third kappa shape index (κ3) is 1.98. The molecule has 0 fully saturated rings. The molecule has 60 valence electrons. The number of hydrogen-bond acceptors (Lipinski definition) is 0. The molecular formula is C12H12. The molecule has 0 radical (unpaired) electrons. The van der Waals surface area contributed by atoms with Crippen LogP contribution in [-0.2, 0) is 6.42 Å². The van der Waals surface area contributed by atoms with E-state index < -0.39 is 0 Å². The summed E-state index contributed by atoms with van der Waals surface area (Å²) in [4.78, 5) is 0. The molecule has 0 amide bonds. The van der Waals surface area contributed by atoms with E-state index in [-0.39, 0.29) is 0 Å². The second kappa shape index (κ2) is 4.38. The second-order valence-corrected chi connectivity index (χ2v) is 2.52. The summed E-state index contributed by atoms with van der Waals surface area (Å²) in [5.74, 6) is 0. The molecule has 12 heavy (non-hydrogen) atoms. The van der Waals surface area contributed by atoms with E-state index in [2.05, 4.69) is 31.0 Å². The van der Waals surface area contributed by atoms with Crippen molar-refractivity contribution in [2.75, 3.05) is 0 Å². The zero-order chi connectivity index (χ0) is 8.81. The second-order valence-electron chi connectivity index (χ2n) is 2.52. The van der Waals surface area contributed by atoms with Crippen LogP contribution in [0.15, 0.2) is 49.2 Å². The van der Waals surface area contributed by atoms with Crippen LogP contribution in [0.4, 0.5) is 0 Å². The first kappa shape index (κ1) is 8.58. The minimum Gasteiger partial charge on any atom is -0.133 e. The van der Waals surface area contributed by atoms with Crippen molar-refractivity contribution in [2.24, 2.45) is 0 Å². The molecule has 0 atom stereocenters. The summed E-state index contributed by atoms with van der Waals surface area (Å²) >= 11 is 0. The van der Waals surface area contributed by atoms with Crippen LogP contribution in [0, 0.1) is 0 Å². The fourth-order valence-electron chi connectivity index (χ4n) is 1.10. The van der Waals surface area contributed by atoms with Gasteiger partial charge in [-0.15, -0.1) is 5.73 Å². The van der Waals surface area contributed by atoms with Crippen molar-refractivity contribution in [3.8, 4) is 0 Å². The molecule has 0 aromatic heterocycles. The molecule has 0 N–H and O–H groups in total. The number of benzene rings is 1. The van der Waals surface area contributed by atoms with Gasteiger partial charge in [-0.25, -0.2) is 0 Å². The van der Waals surface area contributed by atoms with E-state index in [0.29, 0.717) is 0 Å². The molecule has 1 rings (SSSR count). The Balaban J connectivity index is 2.96. The van der Waals surface area contributed by atoms with Crippen LogP contribution in [0.3, 0.4) is 0 Å². The minimum absolute atomic E-state index is 0.881. The Hall–Kier alpha value is -1.52. The predicted octanol–water partition coefficient (Wildman–Crippen LogP) is 3.21. The molecule has 0 unspecified atom stereocenters. The van der Waals surface area contributed by atoms with Gasteiger partial charge in [-0.3, -0.25) is 0 Å². The van der Waals surface area contributed by atoms with Crippen LogP contribution in [0.1, 0.15) is 11.1 Å². The fraction of sp³-hybridized carbons (Fsp3) is 0.0833. The van der Waals surface area contributed by atoms with Gasteiger partial charge in [0.15, 0.2) is 0 Å². The molecule has 0 aliphatic carbocycles. The van der Waals surface area contributed by atoms with E-state index in [1.807, 2.05) is 24.3 Å². The van der Waals surface area contributed by atoms with Crippen molar-refractivity contribution in [2.45, 2.75) is 6.42 Å². The molecule has 0 spiro atoms. The average Bonchev–Trinajstić information content (AvgIpc) is 2.15. The lowest BCUT2D eigenvalue weighted by Gasteiger charge is -2.00.